The maximum atomic E-state index is 4.61. The Morgan fingerprint density at radius 1 is 1.75 bits per heavy atom. The molecule has 22 valence electrons. The van der Waals surface area contributed by atoms with Crippen LogP contribution in [0.25, 0.3) is 0 Å². The van der Waals surface area contributed by atoms with Crippen molar-refractivity contribution < 1.29 is 0 Å². The van der Waals surface area contributed by atoms with Gasteiger partial charge in [0.2, 0.25) is 0 Å². The SMILES string of the molecule is [B]C=C.[SnH4]. The summed E-state index contributed by atoms with van der Waals surface area (Å²) in [5.41, 5.74) is 0. The van der Waals surface area contributed by atoms with Gasteiger partial charge in [0.05, 0.1) is 0 Å². The number of hydrogen-bond donors (Lipinski definition) is 0. The molecule has 0 amide bonds. The molecule has 0 aromatic carbocycles. The molecular weight excluding hydrogens is 154 g/mol. The van der Waals surface area contributed by atoms with Crippen LogP contribution in [0.15, 0.2) is 12.6 Å². The zero-order chi connectivity index (χ0) is 2.71. The van der Waals surface area contributed by atoms with Gasteiger partial charge in [0.25, 0.3) is 0 Å². The first-order valence-corrected chi connectivity index (χ1v) is 0.742. The van der Waals surface area contributed by atoms with Gasteiger partial charge in [-0.05, 0) is 0 Å². The van der Waals surface area contributed by atoms with Gasteiger partial charge in [-0.2, -0.15) is 0 Å². The number of rotatable bonds is 0. The zero-order valence-corrected chi connectivity index (χ0v) is 1.86. The molecule has 2 radical (unpaired) electrons. The summed E-state index contributed by atoms with van der Waals surface area (Å²) >= 11 is 0. The van der Waals surface area contributed by atoms with E-state index in [0.717, 1.165) is 0 Å². The van der Waals surface area contributed by atoms with Crippen molar-refractivity contribution in [3.05, 3.63) is 12.6 Å². The van der Waals surface area contributed by atoms with Crippen LogP contribution in [0.2, 0.25) is 0 Å². The van der Waals surface area contributed by atoms with E-state index in [0.29, 0.717) is 0 Å². The van der Waals surface area contributed by atoms with Crippen LogP contribution in [0.1, 0.15) is 0 Å². The summed E-state index contributed by atoms with van der Waals surface area (Å²) in [6.45, 7) is 3.14. The Bertz CT molecular complexity index is 13.5. The molecular formula is C2H7BSn. The molecule has 0 aromatic heterocycles. The third kappa shape index (κ3) is 18.4. The number of hydrogen-bond acceptors (Lipinski definition) is 0. The molecule has 0 atom stereocenters. The third-order valence-corrected chi connectivity index (χ3v) is 0. The molecule has 0 nitrogen and oxygen atoms in total. The van der Waals surface area contributed by atoms with Crippen LogP contribution < -0.4 is 0 Å². The third-order valence-electron chi connectivity index (χ3n) is 0. The molecule has 0 aromatic rings. The standard InChI is InChI=1S/C2H3B.Sn.4H/c1-2-3;;;;;/h2H,1H2;;;;;. The molecule has 0 N–H and O–H groups in total. The van der Waals surface area contributed by atoms with E-state index in [1.54, 1.807) is 0 Å². The van der Waals surface area contributed by atoms with Crippen molar-refractivity contribution in [1.82, 2.24) is 0 Å². The van der Waals surface area contributed by atoms with Crippen LogP contribution >= 0.6 is 0 Å². The summed E-state index contributed by atoms with van der Waals surface area (Å²) in [5, 5.41) is 0. The van der Waals surface area contributed by atoms with Gasteiger partial charge < -0.3 is 0 Å². The quantitative estimate of drug-likeness (QED) is 0.393. The van der Waals surface area contributed by atoms with E-state index in [4.69, 9.17) is 0 Å². The molecule has 0 saturated carbocycles. The summed E-state index contributed by atoms with van der Waals surface area (Å²) in [5.74, 6) is 1.25. The fraction of sp³-hybridized carbons (Fsp3) is 0. The second kappa shape index (κ2) is 9.50. The molecule has 0 heterocycles. The van der Waals surface area contributed by atoms with Crippen LogP contribution in [0.5, 0.6) is 0 Å². The Morgan fingerprint density at radius 3 is 1.75 bits per heavy atom. The molecule has 0 aliphatic heterocycles. The van der Waals surface area contributed by atoms with Crippen LogP contribution in [-0.2, 0) is 0 Å². The second-order valence-corrected chi connectivity index (χ2v) is 0.236. The Morgan fingerprint density at radius 2 is 1.75 bits per heavy atom. The summed E-state index contributed by atoms with van der Waals surface area (Å²) < 4.78 is 0. The minimum atomic E-state index is 0. The molecule has 0 fully saturated rings. The summed E-state index contributed by atoms with van der Waals surface area (Å²) in [7, 11) is 4.61. The van der Waals surface area contributed by atoms with Gasteiger partial charge in [-0.3, -0.25) is 0 Å². The van der Waals surface area contributed by atoms with E-state index in [9.17, 15) is 0 Å². The van der Waals surface area contributed by atoms with E-state index in [-0.39, 0.29) is 23.9 Å². The minimum absolute atomic E-state index is 0. The Labute approximate surface area is 44.6 Å². The molecule has 0 spiro atoms. The van der Waals surface area contributed by atoms with Crippen molar-refractivity contribution in [1.29, 1.82) is 0 Å². The van der Waals surface area contributed by atoms with Crippen LogP contribution in [0.3, 0.4) is 0 Å². The van der Waals surface area contributed by atoms with Crippen molar-refractivity contribution in [2.24, 2.45) is 0 Å². The van der Waals surface area contributed by atoms with Crippen LogP contribution in [0, 0.1) is 0 Å². The zero-order valence-electron chi connectivity index (χ0n) is 1.86. The molecule has 4 heavy (non-hydrogen) atoms. The first-order chi connectivity index (χ1) is 1.41. The summed E-state index contributed by atoms with van der Waals surface area (Å²) in [4.78, 5) is 0. The molecule has 0 rings (SSSR count). The first kappa shape index (κ1) is 8.82. The molecule has 0 aliphatic carbocycles. The van der Waals surface area contributed by atoms with Gasteiger partial charge in [0.15, 0.2) is 0 Å². The molecule has 0 unspecified atom stereocenters. The topological polar surface area (TPSA) is 0 Å². The Kier molecular flexibility index (Phi) is 20.9. The average molecular weight is 161 g/mol. The summed E-state index contributed by atoms with van der Waals surface area (Å²) in [6.07, 6.45) is 0. The Hall–Kier alpha value is 0.604. The van der Waals surface area contributed by atoms with Crippen molar-refractivity contribution in [2.45, 2.75) is 0 Å². The van der Waals surface area contributed by atoms with Gasteiger partial charge in [0.1, 0.15) is 7.85 Å². The fourth-order valence-electron chi connectivity index (χ4n) is 0. The fourth-order valence-corrected chi connectivity index (χ4v) is 0. The van der Waals surface area contributed by atoms with Crippen molar-refractivity contribution in [3.63, 3.8) is 0 Å². The van der Waals surface area contributed by atoms with Crippen LogP contribution in [-0.4, -0.2) is 31.8 Å². The van der Waals surface area contributed by atoms with Gasteiger partial charge in [0, 0.05) is 0 Å². The Balaban J connectivity index is 0. The normalized spacial score (nSPS) is 3.00. The van der Waals surface area contributed by atoms with Gasteiger partial charge in [-0.1, -0.05) is 0 Å². The first-order valence-electron chi connectivity index (χ1n) is 0.742. The monoisotopic (exact) mass is 162 g/mol. The van der Waals surface area contributed by atoms with Gasteiger partial charge >= 0.3 is 23.9 Å². The van der Waals surface area contributed by atoms with E-state index in [2.05, 4.69) is 14.4 Å². The van der Waals surface area contributed by atoms with E-state index < -0.39 is 0 Å². The van der Waals surface area contributed by atoms with E-state index in [1.165, 1.54) is 5.98 Å². The maximum absolute atomic E-state index is 4.61. The van der Waals surface area contributed by atoms with Crippen molar-refractivity contribution in [3.8, 4) is 0 Å². The van der Waals surface area contributed by atoms with E-state index >= 15 is 0 Å². The van der Waals surface area contributed by atoms with Crippen molar-refractivity contribution in [2.75, 3.05) is 0 Å². The summed E-state index contributed by atoms with van der Waals surface area (Å²) in [6, 6.07) is 0. The molecule has 0 saturated heterocycles. The molecule has 2 heteroatoms. The van der Waals surface area contributed by atoms with E-state index in [1.807, 2.05) is 0 Å². The predicted molar refractivity (Wildman–Crippen MR) is 27.3 cm³/mol. The van der Waals surface area contributed by atoms with Gasteiger partial charge in [-0.15, -0.1) is 12.6 Å². The van der Waals surface area contributed by atoms with Crippen LogP contribution in [0.4, 0.5) is 0 Å². The average Bonchev–Trinajstić information content (AvgIpc) is 0.918. The van der Waals surface area contributed by atoms with Gasteiger partial charge in [-0.25, -0.2) is 0 Å². The predicted octanol–water partition coefficient (Wildman–Crippen LogP) is -1.15. The van der Waals surface area contributed by atoms with Crippen molar-refractivity contribution >= 4 is 31.8 Å². The molecule has 0 aliphatic rings. The molecule has 0 bridgehead atoms. The second-order valence-electron chi connectivity index (χ2n) is 0.236.